The van der Waals surface area contributed by atoms with E-state index in [1.54, 1.807) is 25.5 Å². The van der Waals surface area contributed by atoms with E-state index >= 15 is 0 Å². The second-order valence-corrected chi connectivity index (χ2v) is 5.72. The number of anilines is 1. The number of nitrogens with one attached hydrogen (secondary N) is 1. The van der Waals surface area contributed by atoms with Crippen LogP contribution in [0.5, 0.6) is 0 Å². The minimum absolute atomic E-state index is 0.160. The smallest absolute Gasteiger partial charge is 0.354 e. The Bertz CT molecular complexity index is 953. The quantitative estimate of drug-likeness (QED) is 0.741. The van der Waals surface area contributed by atoms with Gasteiger partial charge in [0.2, 0.25) is 5.95 Å². The maximum Gasteiger partial charge on any atom is 0.390 e. The molecule has 3 rings (SSSR count). The molecule has 0 fully saturated rings. The summed E-state index contributed by atoms with van der Waals surface area (Å²) in [6, 6.07) is 5.61. The first kappa shape index (κ1) is 17.8. The van der Waals surface area contributed by atoms with Gasteiger partial charge >= 0.3 is 6.18 Å². The molecule has 8 heteroatoms. The summed E-state index contributed by atoms with van der Waals surface area (Å²) in [5, 5.41) is 2.58. The van der Waals surface area contributed by atoms with E-state index in [0.717, 1.165) is 22.2 Å². The number of nitrogens with zero attached hydrogens (tertiary/aromatic N) is 4. The topological polar surface area (TPSA) is 63.6 Å². The van der Waals surface area contributed by atoms with Crippen LogP contribution in [0.15, 0.2) is 43.4 Å². The third kappa shape index (κ3) is 4.14. The van der Waals surface area contributed by atoms with Crippen LogP contribution in [-0.4, -0.2) is 32.7 Å². The lowest BCUT2D eigenvalue weighted by molar-refractivity contribution is -0.131. The Labute approximate surface area is 148 Å². The first-order valence-electron chi connectivity index (χ1n) is 7.88. The van der Waals surface area contributed by atoms with Gasteiger partial charge in [-0.1, -0.05) is 12.6 Å². The van der Waals surface area contributed by atoms with Gasteiger partial charge in [-0.05, 0) is 30.2 Å². The number of hydrogen-bond acceptors (Lipinski definition) is 5. The lowest BCUT2D eigenvalue weighted by Gasteiger charge is -2.12. The van der Waals surface area contributed by atoms with Gasteiger partial charge in [-0.3, -0.25) is 9.97 Å². The fourth-order valence-electron chi connectivity index (χ4n) is 2.47. The SMILES string of the molecule is C=C(c1ccc2nccnc2c1)c1cnc(NCCC(F)(F)F)nc1C. The lowest BCUT2D eigenvalue weighted by Crippen LogP contribution is -2.16. The van der Waals surface area contributed by atoms with Crippen molar-refractivity contribution < 1.29 is 13.2 Å². The summed E-state index contributed by atoms with van der Waals surface area (Å²) in [6.45, 7) is 5.58. The molecular weight excluding hydrogens is 343 g/mol. The van der Waals surface area contributed by atoms with E-state index in [2.05, 4.69) is 31.8 Å². The number of fused-ring (bicyclic) bond motifs is 1. The maximum atomic E-state index is 12.2. The van der Waals surface area contributed by atoms with Crippen LogP contribution in [0.4, 0.5) is 19.1 Å². The molecular formula is C18H16F3N5. The van der Waals surface area contributed by atoms with Crippen molar-refractivity contribution in [1.29, 1.82) is 0 Å². The van der Waals surface area contributed by atoms with Gasteiger partial charge in [0.15, 0.2) is 0 Å². The number of rotatable bonds is 5. The van der Waals surface area contributed by atoms with Crippen LogP contribution in [0, 0.1) is 6.92 Å². The number of alkyl halides is 3. The zero-order valence-corrected chi connectivity index (χ0v) is 14.0. The molecule has 0 amide bonds. The molecule has 3 aromatic rings. The molecule has 0 spiro atoms. The molecule has 1 aromatic carbocycles. The summed E-state index contributed by atoms with van der Waals surface area (Å²) >= 11 is 0. The van der Waals surface area contributed by atoms with Crippen LogP contribution < -0.4 is 5.32 Å². The molecule has 0 atom stereocenters. The number of hydrogen-bond donors (Lipinski definition) is 1. The average molecular weight is 359 g/mol. The van der Waals surface area contributed by atoms with Crippen molar-refractivity contribution in [3.8, 4) is 0 Å². The molecule has 5 nitrogen and oxygen atoms in total. The monoisotopic (exact) mass is 359 g/mol. The van der Waals surface area contributed by atoms with E-state index < -0.39 is 12.6 Å². The van der Waals surface area contributed by atoms with Gasteiger partial charge in [-0.15, -0.1) is 0 Å². The Morgan fingerprint density at radius 2 is 1.85 bits per heavy atom. The van der Waals surface area contributed by atoms with Crippen LogP contribution >= 0.6 is 0 Å². The van der Waals surface area contributed by atoms with E-state index in [9.17, 15) is 13.2 Å². The van der Waals surface area contributed by atoms with Gasteiger partial charge in [0.25, 0.3) is 0 Å². The van der Waals surface area contributed by atoms with Gasteiger partial charge in [0, 0.05) is 30.7 Å². The van der Waals surface area contributed by atoms with Gasteiger partial charge in [0.1, 0.15) is 0 Å². The van der Waals surface area contributed by atoms with Gasteiger partial charge in [-0.25, -0.2) is 9.97 Å². The molecule has 0 bridgehead atoms. The molecule has 26 heavy (non-hydrogen) atoms. The highest BCUT2D eigenvalue weighted by molar-refractivity contribution is 5.85. The molecule has 0 saturated heterocycles. The second kappa shape index (κ2) is 7.07. The fraction of sp³-hybridized carbons (Fsp3) is 0.222. The third-order valence-corrected chi connectivity index (χ3v) is 3.81. The third-order valence-electron chi connectivity index (χ3n) is 3.81. The van der Waals surface area contributed by atoms with E-state index in [-0.39, 0.29) is 12.5 Å². The Morgan fingerprint density at radius 3 is 2.54 bits per heavy atom. The van der Waals surface area contributed by atoms with E-state index in [1.807, 2.05) is 18.2 Å². The summed E-state index contributed by atoms with van der Waals surface area (Å²) in [5.74, 6) is 0.160. The molecule has 0 radical (unpaired) electrons. The molecule has 1 N–H and O–H groups in total. The Balaban J connectivity index is 1.78. The van der Waals surface area contributed by atoms with Gasteiger partial charge in [-0.2, -0.15) is 13.2 Å². The van der Waals surface area contributed by atoms with Crippen LogP contribution in [0.1, 0.15) is 23.2 Å². The number of aromatic nitrogens is 4. The van der Waals surface area contributed by atoms with Crippen molar-refractivity contribution in [2.45, 2.75) is 19.5 Å². The van der Waals surface area contributed by atoms with Crippen LogP contribution in [-0.2, 0) is 0 Å². The van der Waals surface area contributed by atoms with Gasteiger partial charge in [0.05, 0.1) is 23.1 Å². The molecule has 2 heterocycles. The molecule has 0 aliphatic rings. The van der Waals surface area contributed by atoms with Crippen molar-refractivity contribution in [2.75, 3.05) is 11.9 Å². The molecule has 134 valence electrons. The number of halogens is 3. The Kier molecular flexibility index (Phi) is 4.83. The predicted octanol–water partition coefficient (Wildman–Crippen LogP) is 4.15. The minimum Gasteiger partial charge on any atom is -0.354 e. The normalized spacial score (nSPS) is 11.5. The molecule has 0 saturated carbocycles. The molecule has 0 unspecified atom stereocenters. The zero-order valence-electron chi connectivity index (χ0n) is 14.0. The van der Waals surface area contributed by atoms with E-state index in [0.29, 0.717) is 11.3 Å². The highest BCUT2D eigenvalue weighted by atomic mass is 19.4. The van der Waals surface area contributed by atoms with Crippen LogP contribution in [0.2, 0.25) is 0 Å². The predicted molar refractivity (Wildman–Crippen MR) is 93.6 cm³/mol. The van der Waals surface area contributed by atoms with Crippen molar-refractivity contribution in [1.82, 2.24) is 19.9 Å². The Morgan fingerprint density at radius 1 is 1.12 bits per heavy atom. The zero-order chi connectivity index (χ0) is 18.7. The minimum atomic E-state index is -4.21. The highest BCUT2D eigenvalue weighted by Gasteiger charge is 2.26. The number of benzene rings is 1. The van der Waals surface area contributed by atoms with Gasteiger partial charge < -0.3 is 5.32 Å². The average Bonchev–Trinajstić information content (AvgIpc) is 2.60. The summed E-state index contributed by atoms with van der Waals surface area (Å²) in [5.41, 5.74) is 4.42. The summed E-state index contributed by atoms with van der Waals surface area (Å²) in [4.78, 5) is 16.8. The highest BCUT2D eigenvalue weighted by Crippen LogP contribution is 2.26. The van der Waals surface area contributed by atoms with Crippen molar-refractivity contribution in [3.05, 3.63) is 60.2 Å². The maximum absolute atomic E-state index is 12.2. The van der Waals surface area contributed by atoms with Crippen molar-refractivity contribution in [2.24, 2.45) is 0 Å². The molecule has 2 aromatic heterocycles. The first-order chi connectivity index (χ1) is 12.3. The fourth-order valence-corrected chi connectivity index (χ4v) is 2.47. The van der Waals surface area contributed by atoms with Crippen molar-refractivity contribution >= 4 is 22.6 Å². The van der Waals surface area contributed by atoms with E-state index in [1.165, 1.54) is 0 Å². The molecule has 0 aliphatic carbocycles. The number of aryl methyl sites for hydroxylation is 1. The van der Waals surface area contributed by atoms with Crippen LogP contribution in [0.3, 0.4) is 0 Å². The Hall–Kier alpha value is -3.03. The van der Waals surface area contributed by atoms with Crippen LogP contribution in [0.25, 0.3) is 16.6 Å². The standard InChI is InChI=1S/C18H16F3N5/c1-11(13-3-4-15-16(9-13)23-8-7-22-15)14-10-25-17(26-12(14)2)24-6-5-18(19,20)21/h3-4,7-10H,1,5-6H2,2H3,(H,24,25,26). The second-order valence-electron chi connectivity index (χ2n) is 5.72. The largest absolute Gasteiger partial charge is 0.390 e. The summed E-state index contributed by atoms with van der Waals surface area (Å²) < 4.78 is 36.6. The summed E-state index contributed by atoms with van der Waals surface area (Å²) in [6.07, 6.45) is -0.358. The summed E-state index contributed by atoms with van der Waals surface area (Å²) in [7, 11) is 0. The lowest BCUT2D eigenvalue weighted by atomic mass is 9.99. The van der Waals surface area contributed by atoms with E-state index in [4.69, 9.17) is 0 Å². The molecule has 0 aliphatic heterocycles. The van der Waals surface area contributed by atoms with Crippen molar-refractivity contribution in [3.63, 3.8) is 0 Å². The first-order valence-corrected chi connectivity index (χ1v) is 7.88.